The predicted molar refractivity (Wildman–Crippen MR) is 49.1 cm³/mol. The van der Waals surface area contributed by atoms with Crippen molar-refractivity contribution in [1.29, 1.82) is 0 Å². The van der Waals surface area contributed by atoms with E-state index in [-0.39, 0.29) is 5.82 Å². The van der Waals surface area contributed by atoms with Gasteiger partial charge in [0, 0.05) is 24.2 Å². The third-order valence-electron chi connectivity index (χ3n) is 2.66. The van der Waals surface area contributed by atoms with Crippen LogP contribution in [-0.2, 0) is 13.0 Å². The van der Waals surface area contributed by atoms with Crippen LogP contribution in [0.1, 0.15) is 12.0 Å². The molecule has 1 radical (unpaired) electrons. The van der Waals surface area contributed by atoms with Gasteiger partial charge in [-0.25, -0.2) is 4.39 Å². The Morgan fingerprint density at radius 2 is 2.31 bits per heavy atom. The average molecular weight is 174 g/mol. The maximum absolute atomic E-state index is 13.1. The Balaban J connectivity index is 2.47. The summed E-state index contributed by atoms with van der Waals surface area (Å²) in [5.74, 6) is -0.140. The number of hydrogen-bond donors (Lipinski definition) is 0. The maximum atomic E-state index is 13.1. The fourth-order valence-electron chi connectivity index (χ4n) is 2.12. The van der Waals surface area contributed by atoms with Crippen molar-refractivity contribution < 1.29 is 4.39 Å². The van der Waals surface area contributed by atoms with Gasteiger partial charge in [-0.15, -0.1) is 0 Å². The maximum Gasteiger partial charge on any atom is 0.124 e. The summed E-state index contributed by atoms with van der Waals surface area (Å²) in [5.41, 5.74) is 2.30. The Kier molecular flexibility index (Phi) is 1.29. The van der Waals surface area contributed by atoms with Gasteiger partial charge in [0.1, 0.15) is 5.82 Å². The summed E-state index contributed by atoms with van der Waals surface area (Å²) in [5, 5.41) is 0.912. The standard InChI is InChI=1S/C11H9FN/c12-10-6-8-2-1-4-13-5-3-9(7-10)11(8)13/h5-7H,1-2,4H2. The quantitative estimate of drug-likeness (QED) is 0.578. The third-order valence-corrected chi connectivity index (χ3v) is 2.66. The second-order valence-electron chi connectivity index (χ2n) is 3.53. The summed E-state index contributed by atoms with van der Waals surface area (Å²) in [6.07, 6.45) is 4.02. The van der Waals surface area contributed by atoms with E-state index in [1.54, 1.807) is 12.1 Å². The number of halogens is 1. The van der Waals surface area contributed by atoms with E-state index in [1.165, 1.54) is 5.52 Å². The van der Waals surface area contributed by atoms with Crippen LogP contribution in [-0.4, -0.2) is 4.57 Å². The van der Waals surface area contributed by atoms with Crippen LogP contribution in [0.3, 0.4) is 0 Å². The molecule has 1 aliphatic heterocycles. The minimum absolute atomic E-state index is 0.140. The zero-order valence-corrected chi connectivity index (χ0v) is 7.18. The van der Waals surface area contributed by atoms with Crippen LogP contribution in [0.25, 0.3) is 10.9 Å². The number of aromatic nitrogens is 1. The molecule has 1 aromatic carbocycles. The molecule has 0 spiro atoms. The first-order valence-corrected chi connectivity index (χ1v) is 4.53. The number of nitrogens with zero attached hydrogens (tertiary/aromatic N) is 1. The molecule has 2 aromatic rings. The first kappa shape index (κ1) is 7.13. The Morgan fingerprint density at radius 1 is 1.38 bits per heavy atom. The number of hydrogen-bond acceptors (Lipinski definition) is 0. The van der Waals surface area contributed by atoms with Gasteiger partial charge in [-0.1, -0.05) is 0 Å². The van der Waals surface area contributed by atoms with Gasteiger partial charge >= 0.3 is 0 Å². The van der Waals surface area contributed by atoms with E-state index in [1.807, 2.05) is 6.20 Å². The number of aryl methyl sites for hydroxylation is 2. The topological polar surface area (TPSA) is 4.93 Å². The molecule has 0 saturated heterocycles. The molecule has 2 heteroatoms. The first-order valence-electron chi connectivity index (χ1n) is 4.53. The van der Waals surface area contributed by atoms with E-state index in [0.29, 0.717) is 0 Å². The van der Waals surface area contributed by atoms with Crippen molar-refractivity contribution in [3.63, 3.8) is 0 Å². The summed E-state index contributed by atoms with van der Waals surface area (Å²) in [6.45, 7) is 1.04. The van der Waals surface area contributed by atoms with Crippen molar-refractivity contribution in [2.24, 2.45) is 0 Å². The average Bonchev–Trinajstić information content (AvgIpc) is 2.50. The van der Waals surface area contributed by atoms with Crippen molar-refractivity contribution in [2.45, 2.75) is 19.4 Å². The number of rotatable bonds is 0. The molecule has 2 heterocycles. The van der Waals surface area contributed by atoms with Gasteiger partial charge in [-0.2, -0.15) is 0 Å². The summed E-state index contributed by atoms with van der Waals surface area (Å²) in [6, 6.07) is 6.28. The molecule has 0 aliphatic carbocycles. The van der Waals surface area contributed by atoms with Gasteiger partial charge < -0.3 is 4.57 Å². The van der Waals surface area contributed by atoms with Gasteiger partial charge in [-0.3, -0.25) is 0 Å². The summed E-state index contributed by atoms with van der Waals surface area (Å²) < 4.78 is 15.2. The zero-order valence-electron chi connectivity index (χ0n) is 7.18. The Labute approximate surface area is 75.8 Å². The molecule has 0 atom stereocenters. The Hall–Kier alpha value is -1.31. The zero-order chi connectivity index (χ0) is 8.84. The predicted octanol–water partition coefficient (Wildman–Crippen LogP) is 2.53. The molecule has 0 amide bonds. The lowest BCUT2D eigenvalue weighted by Crippen LogP contribution is -2.06. The van der Waals surface area contributed by atoms with Crippen LogP contribution >= 0.6 is 0 Å². The second-order valence-corrected chi connectivity index (χ2v) is 3.53. The Morgan fingerprint density at radius 3 is 3.23 bits per heavy atom. The van der Waals surface area contributed by atoms with Gasteiger partial charge in [0.05, 0.1) is 5.52 Å². The second kappa shape index (κ2) is 2.34. The lowest BCUT2D eigenvalue weighted by Gasteiger charge is -2.15. The Bertz CT molecular complexity index is 470. The molecular weight excluding hydrogens is 165 g/mol. The minimum Gasteiger partial charge on any atom is -0.347 e. The lowest BCUT2D eigenvalue weighted by molar-refractivity contribution is 0.611. The van der Waals surface area contributed by atoms with Gasteiger partial charge in [0.25, 0.3) is 0 Å². The highest BCUT2D eigenvalue weighted by molar-refractivity contribution is 5.83. The van der Waals surface area contributed by atoms with Gasteiger partial charge in [0.15, 0.2) is 0 Å². The van der Waals surface area contributed by atoms with E-state index < -0.39 is 0 Å². The van der Waals surface area contributed by atoms with Gasteiger partial charge in [-0.05, 0) is 30.5 Å². The number of benzene rings is 1. The SMILES string of the molecule is Fc1cc2c3c([c]cn3CCC2)c1. The molecule has 0 N–H and O–H groups in total. The molecule has 0 saturated carbocycles. The van der Waals surface area contributed by atoms with Crippen LogP contribution in [0.5, 0.6) is 0 Å². The van der Waals surface area contributed by atoms with E-state index in [0.717, 1.165) is 30.3 Å². The monoisotopic (exact) mass is 174 g/mol. The van der Waals surface area contributed by atoms with Crippen molar-refractivity contribution >= 4 is 10.9 Å². The van der Waals surface area contributed by atoms with E-state index in [2.05, 4.69) is 10.6 Å². The molecule has 0 bridgehead atoms. The fourth-order valence-corrected chi connectivity index (χ4v) is 2.12. The molecule has 1 aliphatic rings. The lowest BCUT2D eigenvalue weighted by atomic mass is 10.0. The van der Waals surface area contributed by atoms with Crippen LogP contribution < -0.4 is 0 Å². The van der Waals surface area contributed by atoms with Gasteiger partial charge in [0.2, 0.25) is 0 Å². The minimum atomic E-state index is -0.140. The highest BCUT2D eigenvalue weighted by atomic mass is 19.1. The largest absolute Gasteiger partial charge is 0.347 e. The van der Waals surface area contributed by atoms with Crippen molar-refractivity contribution in [1.82, 2.24) is 4.57 Å². The summed E-state index contributed by atoms with van der Waals surface area (Å²) in [4.78, 5) is 0. The van der Waals surface area contributed by atoms with Crippen molar-refractivity contribution in [3.05, 3.63) is 35.8 Å². The molecule has 1 nitrogen and oxygen atoms in total. The third kappa shape index (κ3) is 0.916. The molecule has 3 rings (SSSR count). The molecule has 65 valence electrons. The van der Waals surface area contributed by atoms with E-state index >= 15 is 0 Å². The smallest absolute Gasteiger partial charge is 0.124 e. The molecule has 13 heavy (non-hydrogen) atoms. The van der Waals surface area contributed by atoms with Crippen LogP contribution in [0, 0.1) is 11.9 Å². The summed E-state index contributed by atoms with van der Waals surface area (Å²) >= 11 is 0. The van der Waals surface area contributed by atoms with E-state index in [9.17, 15) is 4.39 Å². The molecule has 1 aromatic heterocycles. The first-order chi connectivity index (χ1) is 6.34. The van der Waals surface area contributed by atoms with Crippen LogP contribution in [0.4, 0.5) is 4.39 Å². The normalized spacial score (nSPS) is 15.2. The van der Waals surface area contributed by atoms with Crippen LogP contribution in [0.2, 0.25) is 0 Å². The molecule has 0 unspecified atom stereocenters. The fraction of sp³-hybridized carbons (Fsp3) is 0.273. The van der Waals surface area contributed by atoms with E-state index in [4.69, 9.17) is 0 Å². The van der Waals surface area contributed by atoms with Crippen molar-refractivity contribution in [2.75, 3.05) is 0 Å². The summed E-state index contributed by atoms with van der Waals surface area (Å²) in [7, 11) is 0. The highest BCUT2D eigenvalue weighted by Gasteiger charge is 2.13. The molecule has 0 fully saturated rings. The van der Waals surface area contributed by atoms with Crippen molar-refractivity contribution in [3.8, 4) is 0 Å². The molecular formula is C11H9FN. The highest BCUT2D eigenvalue weighted by Crippen LogP contribution is 2.26. The van der Waals surface area contributed by atoms with Crippen LogP contribution in [0.15, 0.2) is 18.3 Å².